The van der Waals surface area contributed by atoms with Crippen LogP contribution in [0, 0.1) is 11.3 Å². The van der Waals surface area contributed by atoms with Gasteiger partial charge < -0.3 is 28.7 Å². The number of nitrogens with zero attached hydrogens (tertiary/aromatic N) is 2. The number of carboxylic acid groups (broad SMARTS) is 1. The normalized spacial score (nSPS) is 13.7. The second-order valence-corrected chi connectivity index (χ2v) is 8.16. The Balaban J connectivity index is 1.39. The minimum absolute atomic E-state index is 0.169. The number of aromatic nitrogens is 1. The summed E-state index contributed by atoms with van der Waals surface area (Å²) < 4.78 is 27.5. The van der Waals surface area contributed by atoms with Gasteiger partial charge in [-0.15, -0.1) is 0 Å². The highest BCUT2D eigenvalue weighted by Gasteiger charge is 2.28. The van der Waals surface area contributed by atoms with E-state index >= 15 is 0 Å². The van der Waals surface area contributed by atoms with E-state index in [1.165, 1.54) is 6.20 Å². The lowest BCUT2D eigenvalue weighted by Gasteiger charge is -2.17. The molecule has 0 spiro atoms. The maximum absolute atomic E-state index is 11.7. The molecular weight excluding hydrogens is 493 g/mol. The summed E-state index contributed by atoms with van der Waals surface area (Å²) >= 11 is 0. The van der Waals surface area contributed by atoms with Crippen molar-refractivity contribution >= 4 is 24.5 Å². The standard InChI is InChI=1S/C26H24BN3O8/c1-29-38-27(35-16-26(33)34-15-25(31)32)18-6-8-19(9-7-18)36-23-11-10-21-20(23)3-2-4-22(21)37-24-12-5-17(13-28)14-30-24/h2-9,12,14,23,29H,10-11,15-16H2,1H3,(H,31,32). The number of ether oxygens (including phenoxy) is 3. The van der Waals surface area contributed by atoms with Gasteiger partial charge in [0.2, 0.25) is 5.88 Å². The van der Waals surface area contributed by atoms with Crippen molar-refractivity contribution in [1.29, 1.82) is 5.26 Å². The summed E-state index contributed by atoms with van der Waals surface area (Å²) in [5, 5.41) is 17.5. The average Bonchev–Trinajstić information content (AvgIpc) is 3.34. The van der Waals surface area contributed by atoms with Gasteiger partial charge in [0.25, 0.3) is 0 Å². The smallest absolute Gasteiger partial charge is 0.486 e. The van der Waals surface area contributed by atoms with E-state index in [1.54, 1.807) is 43.4 Å². The highest BCUT2D eigenvalue weighted by Crippen LogP contribution is 2.40. The molecule has 1 aliphatic rings. The lowest BCUT2D eigenvalue weighted by atomic mass is 9.79. The van der Waals surface area contributed by atoms with Crippen LogP contribution in [0.2, 0.25) is 0 Å². The van der Waals surface area contributed by atoms with Crippen molar-refractivity contribution in [2.75, 3.05) is 20.3 Å². The molecule has 3 aromatic rings. The van der Waals surface area contributed by atoms with Gasteiger partial charge in [0.05, 0.1) is 5.56 Å². The molecule has 0 saturated heterocycles. The average molecular weight is 517 g/mol. The van der Waals surface area contributed by atoms with Crippen LogP contribution in [-0.2, 0) is 30.2 Å². The molecule has 0 fully saturated rings. The number of carbonyl (C=O) groups excluding carboxylic acids is 1. The van der Waals surface area contributed by atoms with Gasteiger partial charge in [-0.05, 0) is 48.1 Å². The van der Waals surface area contributed by atoms with Crippen molar-refractivity contribution in [1.82, 2.24) is 10.5 Å². The Hall–Kier alpha value is -4.44. The van der Waals surface area contributed by atoms with Crippen molar-refractivity contribution in [3.05, 3.63) is 77.5 Å². The number of esters is 1. The predicted molar refractivity (Wildman–Crippen MR) is 134 cm³/mol. The summed E-state index contributed by atoms with van der Waals surface area (Å²) in [7, 11) is 0.609. The lowest BCUT2D eigenvalue weighted by molar-refractivity contribution is -0.156. The minimum Gasteiger partial charge on any atom is -0.486 e. The van der Waals surface area contributed by atoms with E-state index in [0.717, 1.165) is 24.0 Å². The Morgan fingerprint density at radius 1 is 1.16 bits per heavy atom. The van der Waals surface area contributed by atoms with Gasteiger partial charge in [-0.25, -0.2) is 20.1 Å². The molecule has 0 saturated carbocycles. The third-order valence-corrected chi connectivity index (χ3v) is 5.62. The molecule has 11 nitrogen and oxygen atoms in total. The summed E-state index contributed by atoms with van der Waals surface area (Å²) in [5.41, 5.74) is 5.66. The number of pyridine rings is 1. The first-order chi connectivity index (χ1) is 18.5. The maximum Gasteiger partial charge on any atom is 0.511 e. The fourth-order valence-corrected chi connectivity index (χ4v) is 3.92. The van der Waals surface area contributed by atoms with Crippen molar-refractivity contribution in [3.63, 3.8) is 0 Å². The molecule has 0 aliphatic heterocycles. The molecule has 1 heterocycles. The van der Waals surface area contributed by atoms with Crippen molar-refractivity contribution < 1.29 is 38.3 Å². The molecule has 12 heteroatoms. The van der Waals surface area contributed by atoms with Gasteiger partial charge in [-0.2, -0.15) is 5.26 Å². The van der Waals surface area contributed by atoms with Crippen LogP contribution < -0.4 is 20.4 Å². The first-order valence-electron chi connectivity index (χ1n) is 11.7. The number of nitriles is 1. The van der Waals surface area contributed by atoms with Crippen LogP contribution >= 0.6 is 0 Å². The molecule has 2 aromatic carbocycles. The highest BCUT2D eigenvalue weighted by molar-refractivity contribution is 6.61. The number of carbonyl (C=O) groups is 2. The van der Waals surface area contributed by atoms with Crippen LogP contribution in [0.15, 0.2) is 60.8 Å². The summed E-state index contributed by atoms with van der Waals surface area (Å²) in [6.07, 6.45) is 2.84. The lowest BCUT2D eigenvalue weighted by Crippen LogP contribution is -2.41. The third-order valence-electron chi connectivity index (χ3n) is 5.62. The largest absolute Gasteiger partial charge is 0.511 e. The van der Waals surface area contributed by atoms with Crippen LogP contribution in [-0.4, -0.2) is 49.4 Å². The molecule has 194 valence electrons. The van der Waals surface area contributed by atoms with Crippen LogP contribution in [0.1, 0.15) is 29.2 Å². The summed E-state index contributed by atoms with van der Waals surface area (Å²) in [4.78, 5) is 26.4. The highest BCUT2D eigenvalue weighted by atomic mass is 16.7. The molecule has 0 bridgehead atoms. The zero-order valence-corrected chi connectivity index (χ0v) is 20.5. The Labute approximate surface area is 219 Å². The SMILES string of the molecule is CNOB(OCC(=O)OCC(=O)O)c1ccc(OC2CCc3c(Oc4ccc(C#N)cn4)cccc32)cc1. The van der Waals surface area contributed by atoms with E-state index in [4.69, 9.17) is 29.3 Å². The number of fused-ring (bicyclic) bond motifs is 1. The Kier molecular flexibility index (Phi) is 8.89. The van der Waals surface area contributed by atoms with E-state index in [0.29, 0.717) is 28.4 Å². The second-order valence-electron chi connectivity index (χ2n) is 8.16. The van der Waals surface area contributed by atoms with E-state index < -0.39 is 32.3 Å². The molecule has 1 aromatic heterocycles. The van der Waals surface area contributed by atoms with E-state index in [1.807, 2.05) is 24.3 Å². The molecule has 1 unspecified atom stereocenters. The van der Waals surface area contributed by atoms with Crippen LogP contribution in [0.25, 0.3) is 0 Å². The maximum atomic E-state index is 11.7. The van der Waals surface area contributed by atoms with Gasteiger partial charge in [-0.3, -0.25) is 0 Å². The number of benzene rings is 2. The van der Waals surface area contributed by atoms with Crippen molar-refractivity contribution in [2.45, 2.75) is 18.9 Å². The number of nitrogens with one attached hydrogen (secondary N) is 1. The molecule has 0 radical (unpaired) electrons. The van der Waals surface area contributed by atoms with E-state index in [-0.39, 0.29) is 6.10 Å². The molecule has 4 rings (SSSR count). The van der Waals surface area contributed by atoms with Crippen LogP contribution in [0.4, 0.5) is 0 Å². The topological polar surface area (TPSA) is 149 Å². The van der Waals surface area contributed by atoms with Crippen molar-refractivity contribution in [2.24, 2.45) is 0 Å². The number of hydrogen-bond acceptors (Lipinski definition) is 10. The summed E-state index contributed by atoms with van der Waals surface area (Å²) in [6, 6.07) is 18.2. The van der Waals surface area contributed by atoms with Crippen LogP contribution in [0.5, 0.6) is 17.4 Å². The Morgan fingerprint density at radius 3 is 2.66 bits per heavy atom. The quantitative estimate of drug-likeness (QED) is 0.207. The van der Waals surface area contributed by atoms with Gasteiger partial charge >= 0.3 is 19.1 Å². The predicted octanol–water partition coefficient (Wildman–Crippen LogP) is 2.30. The number of carboxylic acids is 1. The van der Waals surface area contributed by atoms with E-state index in [2.05, 4.69) is 15.2 Å². The first-order valence-corrected chi connectivity index (χ1v) is 11.7. The van der Waals surface area contributed by atoms with Gasteiger partial charge in [0.1, 0.15) is 30.3 Å². The van der Waals surface area contributed by atoms with Gasteiger partial charge in [0, 0.05) is 24.9 Å². The number of hydroxylamine groups is 1. The fraction of sp³-hybridized carbons (Fsp3) is 0.231. The fourth-order valence-electron chi connectivity index (χ4n) is 3.92. The Bertz CT molecular complexity index is 1310. The van der Waals surface area contributed by atoms with Gasteiger partial charge in [-0.1, -0.05) is 24.3 Å². The zero-order valence-electron chi connectivity index (χ0n) is 20.5. The number of hydrogen-bond donors (Lipinski definition) is 2. The Morgan fingerprint density at radius 2 is 1.97 bits per heavy atom. The third kappa shape index (κ3) is 6.86. The number of aliphatic carboxylic acids is 1. The zero-order chi connectivity index (χ0) is 26.9. The monoisotopic (exact) mass is 517 g/mol. The summed E-state index contributed by atoms with van der Waals surface area (Å²) in [6.45, 7) is -1.23. The minimum atomic E-state index is -1.26. The molecule has 38 heavy (non-hydrogen) atoms. The molecule has 0 amide bonds. The molecule has 1 atom stereocenters. The molecule has 1 aliphatic carbocycles. The van der Waals surface area contributed by atoms with E-state index in [9.17, 15) is 9.59 Å². The van der Waals surface area contributed by atoms with Gasteiger partial charge in [0.15, 0.2) is 6.61 Å². The molecule has 2 N–H and O–H groups in total. The van der Waals surface area contributed by atoms with Crippen molar-refractivity contribution in [3.8, 4) is 23.4 Å². The first kappa shape index (κ1) is 26.6. The van der Waals surface area contributed by atoms with Crippen LogP contribution in [0.3, 0.4) is 0 Å². The summed E-state index contributed by atoms with van der Waals surface area (Å²) in [5.74, 6) is -0.333. The second kappa shape index (κ2) is 12.7. The molecular formula is C26H24BN3O8. The number of rotatable bonds is 12.